The third-order valence-corrected chi connectivity index (χ3v) is 3.65. The van der Waals surface area contributed by atoms with Crippen molar-refractivity contribution in [3.8, 4) is 0 Å². The van der Waals surface area contributed by atoms with E-state index in [1.54, 1.807) is 4.90 Å². The lowest BCUT2D eigenvalue weighted by molar-refractivity contribution is -0.384. The van der Waals surface area contributed by atoms with Gasteiger partial charge in [0.15, 0.2) is 0 Å². The number of hydrogen-bond donors (Lipinski definition) is 1. The SMILES string of the molecule is CCN1CCN(c2cc(F)c(C(=O)O)cc2[N+](=O)[O-])CC1. The molecule has 0 atom stereocenters. The van der Waals surface area contributed by atoms with Crippen molar-refractivity contribution in [1.29, 1.82) is 0 Å². The van der Waals surface area contributed by atoms with Crippen LogP contribution in [0.3, 0.4) is 0 Å². The van der Waals surface area contributed by atoms with E-state index in [1.165, 1.54) is 0 Å². The fraction of sp³-hybridized carbons (Fsp3) is 0.462. The highest BCUT2D eigenvalue weighted by molar-refractivity contribution is 5.90. The molecule has 1 aliphatic heterocycles. The molecule has 21 heavy (non-hydrogen) atoms. The molecule has 0 spiro atoms. The van der Waals surface area contributed by atoms with Crippen LogP contribution in [0.25, 0.3) is 0 Å². The maximum Gasteiger partial charge on any atom is 0.338 e. The quantitative estimate of drug-likeness (QED) is 0.670. The topological polar surface area (TPSA) is 86.9 Å². The van der Waals surface area contributed by atoms with Crippen molar-refractivity contribution in [2.24, 2.45) is 0 Å². The predicted octanol–water partition coefficient (Wildman–Crippen LogP) is 1.57. The molecule has 1 N–H and O–H groups in total. The second-order valence-corrected chi connectivity index (χ2v) is 4.80. The van der Waals surface area contributed by atoms with Gasteiger partial charge >= 0.3 is 5.97 Å². The summed E-state index contributed by atoms with van der Waals surface area (Å²) in [6, 6.07) is 1.74. The Balaban J connectivity index is 2.37. The van der Waals surface area contributed by atoms with Gasteiger partial charge < -0.3 is 14.9 Å². The van der Waals surface area contributed by atoms with E-state index in [1.807, 2.05) is 6.92 Å². The Kier molecular flexibility index (Phi) is 4.37. The zero-order valence-electron chi connectivity index (χ0n) is 11.6. The van der Waals surface area contributed by atoms with Crippen LogP contribution in [0.4, 0.5) is 15.8 Å². The summed E-state index contributed by atoms with van der Waals surface area (Å²) in [4.78, 5) is 25.2. The summed E-state index contributed by atoms with van der Waals surface area (Å²) in [6.07, 6.45) is 0. The molecule has 0 radical (unpaired) electrons. The first-order valence-corrected chi connectivity index (χ1v) is 6.62. The minimum absolute atomic E-state index is 0.137. The number of hydrogen-bond acceptors (Lipinski definition) is 5. The van der Waals surface area contributed by atoms with Crippen molar-refractivity contribution in [1.82, 2.24) is 4.90 Å². The van der Waals surface area contributed by atoms with E-state index in [-0.39, 0.29) is 11.4 Å². The van der Waals surface area contributed by atoms with E-state index in [2.05, 4.69) is 4.90 Å². The molecule has 0 amide bonds. The van der Waals surface area contributed by atoms with Gasteiger partial charge in [0, 0.05) is 38.3 Å². The van der Waals surface area contributed by atoms with Crippen LogP contribution in [0.15, 0.2) is 12.1 Å². The summed E-state index contributed by atoms with van der Waals surface area (Å²) in [5.41, 5.74) is -0.922. The van der Waals surface area contributed by atoms with Crippen molar-refractivity contribution >= 4 is 17.3 Å². The molecule has 0 bridgehead atoms. The smallest absolute Gasteiger partial charge is 0.338 e. The first kappa shape index (κ1) is 15.2. The molecule has 0 unspecified atom stereocenters. The van der Waals surface area contributed by atoms with Gasteiger partial charge in [0.1, 0.15) is 17.1 Å². The van der Waals surface area contributed by atoms with Crippen molar-refractivity contribution in [3.63, 3.8) is 0 Å². The molecule has 114 valence electrons. The van der Waals surface area contributed by atoms with Crippen LogP contribution in [0.2, 0.25) is 0 Å². The Morgan fingerprint density at radius 3 is 2.48 bits per heavy atom. The zero-order valence-corrected chi connectivity index (χ0v) is 11.6. The molecule has 1 aromatic rings. The van der Waals surface area contributed by atoms with E-state index in [0.717, 1.165) is 31.8 Å². The maximum atomic E-state index is 13.8. The van der Waals surface area contributed by atoms with E-state index >= 15 is 0 Å². The number of carboxylic acids is 1. The minimum Gasteiger partial charge on any atom is -0.478 e. The van der Waals surface area contributed by atoms with Crippen LogP contribution in [0, 0.1) is 15.9 Å². The monoisotopic (exact) mass is 297 g/mol. The van der Waals surface area contributed by atoms with Gasteiger partial charge in [-0.15, -0.1) is 0 Å². The second kappa shape index (κ2) is 6.04. The molecule has 2 rings (SSSR count). The van der Waals surface area contributed by atoms with Crippen molar-refractivity contribution in [2.75, 3.05) is 37.6 Å². The Morgan fingerprint density at radius 2 is 2.00 bits per heavy atom. The number of aromatic carboxylic acids is 1. The van der Waals surface area contributed by atoms with Gasteiger partial charge in [-0.1, -0.05) is 6.92 Å². The Hall–Kier alpha value is -2.22. The first-order chi connectivity index (χ1) is 9.93. The number of nitro groups is 1. The van der Waals surface area contributed by atoms with Crippen LogP contribution in [0.1, 0.15) is 17.3 Å². The highest BCUT2D eigenvalue weighted by Gasteiger charge is 2.27. The van der Waals surface area contributed by atoms with Gasteiger partial charge in [0.2, 0.25) is 0 Å². The van der Waals surface area contributed by atoms with Gasteiger partial charge in [0.05, 0.1) is 4.92 Å². The summed E-state index contributed by atoms with van der Waals surface area (Å²) in [6.45, 7) is 5.47. The summed E-state index contributed by atoms with van der Waals surface area (Å²) >= 11 is 0. The van der Waals surface area contributed by atoms with Crippen molar-refractivity contribution in [3.05, 3.63) is 33.6 Å². The molecular weight excluding hydrogens is 281 g/mol. The Morgan fingerprint density at radius 1 is 1.38 bits per heavy atom. The number of nitrogens with zero attached hydrogens (tertiary/aromatic N) is 3. The van der Waals surface area contributed by atoms with Crippen molar-refractivity contribution in [2.45, 2.75) is 6.92 Å². The number of piperazine rings is 1. The molecule has 1 heterocycles. The molecule has 1 aromatic carbocycles. The predicted molar refractivity (Wildman–Crippen MR) is 74.3 cm³/mol. The first-order valence-electron chi connectivity index (χ1n) is 6.62. The van der Waals surface area contributed by atoms with Crippen LogP contribution < -0.4 is 4.90 Å². The normalized spacial score (nSPS) is 16.0. The Bertz CT molecular complexity index is 571. The van der Waals surface area contributed by atoms with Crippen molar-refractivity contribution < 1.29 is 19.2 Å². The zero-order chi connectivity index (χ0) is 15.6. The molecule has 1 fully saturated rings. The summed E-state index contributed by atoms with van der Waals surface area (Å²) in [5, 5.41) is 20.0. The van der Waals surface area contributed by atoms with Crippen LogP contribution in [-0.4, -0.2) is 53.6 Å². The molecule has 0 saturated carbocycles. The lowest BCUT2D eigenvalue weighted by Gasteiger charge is -2.35. The largest absolute Gasteiger partial charge is 0.478 e. The average molecular weight is 297 g/mol. The van der Waals surface area contributed by atoms with Gasteiger partial charge in [0.25, 0.3) is 5.69 Å². The number of rotatable bonds is 4. The molecular formula is C13H16FN3O4. The second-order valence-electron chi connectivity index (χ2n) is 4.80. The number of halogens is 1. The number of benzene rings is 1. The fourth-order valence-corrected chi connectivity index (χ4v) is 2.42. The summed E-state index contributed by atoms with van der Waals surface area (Å²) in [7, 11) is 0. The van der Waals surface area contributed by atoms with Crippen LogP contribution in [0.5, 0.6) is 0 Å². The molecule has 0 aromatic heterocycles. The third kappa shape index (κ3) is 3.10. The summed E-state index contributed by atoms with van der Waals surface area (Å²) in [5.74, 6) is -2.47. The van der Waals surface area contributed by atoms with E-state index in [0.29, 0.717) is 13.1 Å². The summed E-state index contributed by atoms with van der Waals surface area (Å²) < 4.78 is 13.8. The van der Waals surface area contributed by atoms with E-state index in [9.17, 15) is 19.3 Å². The minimum atomic E-state index is -1.52. The van der Waals surface area contributed by atoms with Gasteiger partial charge in [-0.3, -0.25) is 10.1 Å². The van der Waals surface area contributed by atoms with E-state index < -0.39 is 22.3 Å². The lowest BCUT2D eigenvalue weighted by atomic mass is 10.1. The molecule has 8 heteroatoms. The van der Waals surface area contributed by atoms with Gasteiger partial charge in [-0.05, 0) is 6.54 Å². The lowest BCUT2D eigenvalue weighted by Crippen LogP contribution is -2.46. The highest BCUT2D eigenvalue weighted by Crippen LogP contribution is 2.31. The standard InChI is InChI=1S/C13H16FN3O4/c1-2-15-3-5-16(6-4-15)11-8-10(14)9(13(18)19)7-12(11)17(20)21/h7-8H,2-6H2,1H3,(H,18,19). The maximum absolute atomic E-state index is 13.8. The number of carboxylic acid groups (broad SMARTS) is 1. The number of likely N-dealkylation sites (N-methyl/N-ethyl adjacent to an activating group) is 1. The van der Waals surface area contributed by atoms with Crippen LogP contribution >= 0.6 is 0 Å². The Labute approximate surface area is 120 Å². The number of carbonyl (C=O) groups is 1. The average Bonchev–Trinajstić information content (AvgIpc) is 2.46. The molecule has 1 aliphatic rings. The number of nitro benzene ring substituents is 1. The third-order valence-electron chi connectivity index (χ3n) is 3.65. The van der Waals surface area contributed by atoms with Gasteiger partial charge in [-0.25, -0.2) is 9.18 Å². The highest BCUT2D eigenvalue weighted by atomic mass is 19.1. The number of anilines is 1. The fourth-order valence-electron chi connectivity index (χ4n) is 2.42. The molecule has 7 nitrogen and oxygen atoms in total. The van der Waals surface area contributed by atoms with Gasteiger partial charge in [-0.2, -0.15) is 0 Å². The van der Waals surface area contributed by atoms with E-state index in [4.69, 9.17) is 5.11 Å². The molecule has 0 aliphatic carbocycles. The molecule has 1 saturated heterocycles. The van der Waals surface area contributed by atoms with Crippen LogP contribution in [-0.2, 0) is 0 Å².